The molecule has 0 saturated heterocycles. The molecule has 0 aliphatic carbocycles. The highest BCUT2D eigenvalue weighted by Gasteiger charge is 2.14. The third kappa shape index (κ3) is 4.59. The van der Waals surface area contributed by atoms with E-state index in [9.17, 15) is 0 Å². The fourth-order valence-electron chi connectivity index (χ4n) is 5.65. The lowest BCUT2D eigenvalue weighted by molar-refractivity contribution is 1.23. The van der Waals surface area contributed by atoms with Gasteiger partial charge < -0.3 is 0 Å². The third-order valence-electron chi connectivity index (χ3n) is 7.78. The smallest absolute Gasteiger partial charge is 0.160 e. The molecule has 0 unspecified atom stereocenters. The second-order valence-electron chi connectivity index (χ2n) is 10.5. The summed E-state index contributed by atoms with van der Waals surface area (Å²) in [4.78, 5) is 19.6. The van der Waals surface area contributed by atoms with Crippen LogP contribution in [0.25, 0.3) is 77.7 Å². The molecular weight excluding hydrogens is 524 g/mol. The van der Waals surface area contributed by atoms with Crippen molar-refractivity contribution in [2.75, 3.05) is 0 Å². The Labute approximate surface area is 253 Å². The van der Waals surface area contributed by atoms with Crippen LogP contribution in [-0.2, 0) is 0 Å². The van der Waals surface area contributed by atoms with Crippen LogP contribution in [0.3, 0.4) is 0 Å². The van der Waals surface area contributed by atoms with Gasteiger partial charge in [-0.25, -0.2) is 15.0 Å². The first-order valence-electron chi connectivity index (χ1n) is 15.7. The zero-order valence-electron chi connectivity index (χ0n) is 26.1. The van der Waals surface area contributed by atoms with E-state index in [1.54, 1.807) is 12.1 Å². The summed E-state index contributed by atoms with van der Waals surface area (Å²) < 4.78 is 23.5. The minimum Gasteiger partial charge on any atom is -0.251 e. The van der Waals surface area contributed by atoms with Gasteiger partial charge in [-0.1, -0.05) is 109 Å². The van der Waals surface area contributed by atoms with Crippen molar-refractivity contribution in [2.45, 2.75) is 6.85 Å². The summed E-state index contributed by atoms with van der Waals surface area (Å²) in [5.41, 5.74) is 8.83. The van der Waals surface area contributed by atoms with E-state index in [4.69, 9.17) is 19.1 Å². The SMILES string of the molecule is [2H]C([2H])([2H])c1ccc2ccc3ccc(-c4cccc(-c5nc(-c6cccc(-c7ccccc7)c6)c6ccccc6n5)c4)nc3c2n1. The normalized spacial score (nSPS) is 12.7. The van der Waals surface area contributed by atoms with Crippen LogP contribution in [0.1, 0.15) is 9.81 Å². The van der Waals surface area contributed by atoms with Crippen molar-refractivity contribution >= 4 is 32.7 Å². The standard InChI is InChI=1S/C39H26N4/c1-25-17-18-27-19-20-28-21-22-34(41-38(28)37(27)40-25)30-12-8-14-32(24-30)39-42-35-16-6-5-15-33(35)36(43-39)31-13-7-11-29(23-31)26-9-3-2-4-10-26/h2-24H,1H3/i1D3. The maximum Gasteiger partial charge on any atom is 0.160 e. The zero-order valence-corrected chi connectivity index (χ0v) is 23.1. The number of para-hydroxylation sites is 1. The minimum absolute atomic E-state index is 0.0558. The van der Waals surface area contributed by atoms with Crippen molar-refractivity contribution < 1.29 is 4.11 Å². The first-order chi connectivity index (χ1) is 22.4. The molecule has 4 nitrogen and oxygen atoms in total. The lowest BCUT2D eigenvalue weighted by Crippen LogP contribution is -1.96. The molecule has 5 aromatic carbocycles. The number of aryl methyl sites for hydroxylation is 1. The molecule has 3 heterocycles. The lowest BCUT2D eigenvalue weighted by Gasteiger charge is -2.12. The van der Waals surface area contributed by atoms with Crippen molar-refractivity contribution in [1.82, 2.24) is 19.9 Å². The molecule has 0 atom stereocenters. The second kappa shape index (κ2) is 10.3. The molecule has 0 radical (unpaired) electrons. The van der Waals surface area contributed by atoms with E-state index in [-0.39, 0.29) is 5.69 Å². The Morgan fingerprint density at radius 3 is 1.98 bits per heavy atom. The molecule has 8 aromatic rings. The molecule has 8 rings (SSSR count). The highest BCUT2D eigenvalue weighted by molar-refractivity contribution is 6.03. The van der Waals surface area contributed by atoms with Crippen LogP contribution in [-0.4, -0.2) is 19.9 Å². The van der Waals surface area contributed by atoms with Gasteiger partial charge in [-0.15, -0.1) is 0 Å². The quantitative estimate of drug-likeness (QED) is 0.204. The van der Waals surface area contributed by atoms with E-state index < -0.39 is 6.85 Å². The van der Waals surface area contributed by atoms with E-state index in [1.165, 1.54) is 0 Å². The number of aromatic nitrogens is 4. The van der Waals surface area contributed by atoms with Gasteiger partial charge >= 0.3 is 0 Å². The van der Waals surface area contributed by atoms with Gasteiger partial charge in [0.2, 0.25) is 0 Å². The van der Waals surface area contributed by atoms with Crippen molar-refractivity contribution in [2.24, 2.45) is 0 Å². The van der Waals surface area contributed by atoms with Crippen LogP contribution in [0.2, 0.25) is 0 Å². The van der Waals surface area contributed by atoms with Gasteiger partial charge in [0.05, 0.1) is 27.9 Å². The van der Waals surface area contributed by atoms with E-state index in [2.05, 4.69) is 53.5 Å². The lowest BCUT2D eigenvalue weighted by atomic mass is 9.99. The van der Waals surface area contributed by atoms with Crippen molar-refractivity contribution in [3.63, 3.8) is 0 Å². The molecular formula is C39H26N4. The molecule has 3 aromatic heterocycles. The average molecular weight is 554 g/mol. The van der Waals surface area contributed by atoms with Crippen LogP contribution >= 0.6 is 0 Å². The number of pyridine rings is 2. The summed E-state index contributed by atoms with van der Waals surface area (Å²) in [7, 11) is 0. The molecule has 0 fully saturated rings. The fourth-order valence-corrected chi connectivity index (χ4v) is 5.65. The summed E-state index contributed by atoms with van der Waals surface area (Å²) in [6, 6.07) is 46.2. The summed E-state index contributed by atoms with van der Waals surface area (Å²) in [6.45, 7) is -2.30. The van der Waals surface area contributed by atoms with Gasteiger partial charge in [-0.2, -0.15) is 0 Å². The molecule has 0 aliphatic rings. The first kappa shape index (κ1) is 21.9. The predicted molar refractivity (Wildman–Crippen MR) is 177 cm³/mol. The van der Waals surface area contributed by atoms with Crippen molar-refractivity contribution in [1.29, 1.82) is 0 Å². The van der Waals surface area contributed by atoms with Gasteiger partial charge in [0, 0.05) is 42.7 Å². The molecule has 0 N–H and O–H groups in total. The Kier molecular flexibility index (Phi) is 5.24. The molecule has 0 bridgehead atoms. The maximum atomic E-state index is 7.85. The number of hydrogen-bond acceptors (Lipinski definition) is 4. The van der Waals surface area contributed by atoms with E-state index >= 15 is 0 Å². The molecule has 0 aliphatic heterocycles. The largest absolute Gasteiger partial charge is 0.251 e. The maximum absolute atomic E-state index is 7.85. The minimum atomic E-state index is -2.30. The van der Waals surface area contributed by atoms with E-state index in [0.717, 1.165) is 60.9 Å². The van der Waals surface area contributed by atoms with Crippen LogP contribution < -0.4 is 0 Å². The Balaban J connectivity index is 1.25. The number of rotatable bonds is 4. The number of benzene rings is 5. The molecule has 202 valence electrons. The highest BCUT2D eigenvalue weighted by atomic mass is 14.9. The monoisotopic (exact) mass is 553 g/mol. The summed E-state index contributed by atoms with van der Waals surface area (Å²) in [5.74, 6) is 0.621. The number of hydrogen-bond donors (Lipinski definition) is 0. The Bertz CT molecular complexity index is 2420. The second-order valence-corrected chi connectivity index (χ2v) is 10.5. The summed E-state index contributed by atoms with van der Waals surface area (Å²) >= 11 is 0. The van der Waals surface area contributed by atoms with Crippen LogP contribution in [0.5, 0.6) is 0 Å². The molecule has 0 saturated carbocycles. The Morgan fingerprint density at radius 2 is 1.12 bits per heavy atom. The van der Waals surface area contributed by atoms with Gasteiger partial charge in [0.15, 0.2) is 5.82 Å². The van der Waals surface area contributed by atoms with Crippen molar-refractivity contribution in [3.8, 4) is 45.0 Å². The summed E-state index contributed by atoms with van der Waals surface area (Å²) in [6.07, 6.45) is 0. The average Bonchev–Trinajstić information content (AvgIpc) is 3.10. The molecule has 0 spiro atoms. The van der Waals surface area contributed by atoms with E-state index in [0.29, 0.717) is 16.9 Å². The topological polar surface area (TPSA) is 51.6 Å². The van der Waals surface area contributed by atoms with Gasteiger partial charge in [0.25, 0.3) is 0 Å². The molecule has 43 heavy (non-hydrogen) atoms. The number of fused-ring (bicyclic) bond motifs is 4. The number of nitrogens with zero attached hydrogens (tertiary/aromatic N) is 4. The molecule has 0 amide bonds. The molecule has 4 heteroatoms. The Hall–Kier alpha value is -5.74. The van der Waals surface area contributed by atoms with Crippen LogP contribution in [0.4, 0.5) is 0 Å². The zero-order chi connectivity index (χ0) is 31.3. The van der Waals surface area contributed by atoms with Crippen LogP contribution in [0, 0.1) is 6.85 Å². The highest BCUT2D eigenvalue weighted by Crippen LogP contribution is 2.33. The summed E-state index contributed by atoms with van der Waals surface area (Å²) in [5, 5.41) is 2.72. The van der Waals surface area contributed by atoms with Crippen LogP contribution in [0.15, 0.2) is 140 Å². The fraction of sp³-hybridized carbons (Fsp3) is 0.0256. The van der Waals surface area contributed by atoms with Gasteiger partial charge in [-0.05, 0) is 48.3 Å². The van der Waals surface area contributed by atoms with Gasteiger partial charge in [0.1, 0.15) is 0 Å². The predicted octanol–water partition coefficient (Wildman–Crippen LogP) is 9.70. The van der Waals surface area contributed by atoms with Crippen molar-refractivity contribution in [3.05, 3.63) is 145 Å². The first-order valence-corrected chi connectivity index (χ1v) is 14.2. The Morgan fingerprint density at radius 1 is 0.465 bits per heavy atom. The third-order valence-corrected chi connectivity index (χ3v) is 7.78. The van der Waals surface area contributed by atoms with E-state index in [1.807, 2.05) is 78.9 Å². The van der Waals surface area contributed by atoms with Gasteiger partial charge in [-0.3, -0.25) is 4.98 Å².